The molecule has 9 heteroatoms. The minimum atomic E-state index is -0.957. The maximum Gasteiger partial charge on any atom is 0.301 e. The number of methoxy groups -OCH3 is 2. The van der Waals surface area contributed by atoms with Crippen molar-refractivity contribution in [3.63, 3.8) is 0 Å². The third-order valence-electron chi connectivity index (χ3n) is 6.98. The lowest BCUT2D eigenvalue weighted by molar-refractivity contribution is -0.132. The second kappa shape index (κ2) is 11.6. The number of rotatable bonds is 9. The maximum atomic E-state index is 13.6. The van der Waals surface area contributed by atoms with E-state index in [1.54, 1.807) is 42.5 Å². The maximum absolute atomic E-state index is 13.6. The van der Waals surface area contributed by atoms with Crippen LogP contribution < -0.4 is 19.1 Å². The summed E-state index contributed by atoms with van der Waals surface area (Å²) in [6.45, 7) is 6.75. The van der Waals surface area contributed by atoms with E-state index >= 15 is 0 Å². The van der Waals surface area contributed by atoms with Gasteiger partial charge in [0.25, 0.3) is 5.78 Å². The summed E-state index contributed by atoms with van der Waals surface area (Å²) < 4.78 is 17.8. The van der Waals surface area contributed by atoms with Crippen molar-refractivity contribution in [3.8, 4) is 17.2 Å². The number of anilines is 1. The van der Waals surface area contributed by atoms with Gasteiger partial charge in [0.15, 0.2) is 16.6 Å². The van der Waals surface area contributed by atoms with Crippen LogP contribution in [0.15, 0.2) is 66.2 Å². The highest BCUT2D eigenvalue weighted by Gasteiger charge is 2.48. The van der Waals surface area contributed by atoms with E-state index in [1.807, 2.05) is 25.1 Å². The molecule has 41 heavy (non-hydrogen) atoms. The fraction of sp³-hybridized carbons (Fsp3) is 0.281. The zero-order valence-electron chi connectivity index (χ0n) is 23.6. The van der Waals surface area contributed by atoms with E-state index in [0.29, 0.717) is 46.0 Å². The number of aryl methyl sites for hydroxylation is 1. The van der Waals surface area contributed by atoms with Crippen LogP contribution >= 0.6 is 11.3 Å². The predicted octanol–water partition coefficient (Wildman–Crippen LogP) is 6.67. The molecule has 8 nitrogen and oxygen atoms in total. The Bertz CT molecular complexity index is 1660. The van der Waals surface area contributed by atoms with Crippen molar-refractivity contribution in [1.82, 2.24) is 4.98 Å². The molecule has 3 aromatic carbocycles. The first-order valence-electron chi connectivity index (χ1n) is 13.3. The van der Waals surface area contributed by atoms with Gasteiger partial charge in [0, 0.05) is 5.56 Å². The van der Waals surface area contributed by atoms with E-state index in [1.165, 1.54) is 30.5 Å². The second-order valence-corrected chi connectivity index (χ2v) is 11.3. The third-order valence-corrected chi connectivity index (χ3v) is 8.00. The van der Waals surface area contributed by atoms with Gasteiger partial charge in [-0.2, -0.15) is 0 Å². The van der Waals surface area contributed by atoms with Crippen molar-refractivity contribution in [2.45, 2.75) is 33.2 Å². The van der Waals surface area contributed by atoms with Crippen molar-refractivity contribution in [2.24, 2.45) is 5.92 Å². The van der Waals surface area contributed by atoms with Crippen molar-refractivity contribution < 1.29 is 28.9 Å². The summed E-state index contributed by atoms with van der Waals surface area (Å²) in [5, 5.41) is 11.9. The van der Waals surface area contributed by atoms with Gasteiger partial charge >= 0.3 is 5.91 Å². The fourth-order valence-electron chi connectivity index (χ4n) is 4.77. The highest BCUT2D eigenvalue weighted by molar-refractivity contribution is 7.22. The number of ketones is 1. The fourth-order valence-corrected chi connectivity index (χ4v) is 5.86. The van der Waals surface area contributed by atoms with Crippen LogP contribution in [0.1, 0.15) is 43.0 Å². The number of carbonyl (C=O) groups excluding carboxylic acids is 2. The molecule has 212 valence electrons. The van der Waals surface area contributed by atoms with Crippen molar-refractivity contribution in [1.29, 1.82) is 0 Å². The number of aliphatic hydroxyl groups excluding tert-OH is 1. The van der Waals surface area contributed by atoms with Crippen LogP contribution in [-0.4, -0.2) is 42.6 Å². The Labute approximate surface area is 242 Å². The van der Waals surface area contributed by atoms with E-state index in [2.05, 4.69) is 13.8 Å². The summed E-state index contributed by atoms with van der Waals surface area (Å²) in [4.78, 5) is 33.3. The molecule has 0 aliphatic carbocycles. The Kier molecular flexibility index (Phi) is 7.99. The molecule has 0 saturated carbocycles. The Morgan fingerprint density at radius 3 is 2.56 bits per heavy atom. The SMILES string of the molecule is COc1cccc(/C(O)=C2\C(=O)C(=O)N(c3nc4ccc(C)cc4s3)C2c2ccc(OCCC(C)C)c(OC)c2)c1. The molecule has 0 bridgehead atoms. The number of ether oxygens (including phenoxy) is 3. The van der Waals surface area contributed by atoms with Crippen LogP contribution in [-0.2, 0) is 9.59 Å². The van der Waals surface area contributed by atoms with Gasteiger partial charge in [-0.15, -0.1) is 0 Å². The number of hydrogen-bond donors (Lipinski definition) is 1. The van der Waals surface area contributed by atoms with Gasteiger partial charge in [0.2, 0.25) is 0 Å². The first kappa shape index (κ1) is 28.2. The van der Waals surface area contributed by atoms with E-state index in [9.17, 15) is 14.7 Å². The highest BCUT2D eigenvalue weighted by Crippen LogP contribution is 2.46. The number of nitrogens with zero attached hydrogens (tertiary/aromatic N) is 2. The second-order valence-electron chi connectivity index (χ2n) is 10.3. The molecule has 5 rings (SSSR count). The van der Waals surface area contributed by atoms with Gasteiger partial charge in [0.05, 0.1) is 42.7 Å². The molecular weight excluding hydrogens is 540 g/mol. The summed E-state index contributed by atoms with van der Waals surface area (Å²) in [6, 6.07) is 16.9. The Morgan fingerprint density at radius 2 is 1.83 bits per heavy atom. The summed E-state index contributed by atoms with van der Waals surface area (Å²) in [6.07, 6.45) is 0.878. The van der Waals surface area contributed by atoms with E-state index in [0.717, 1.165) is 22.2 Å². The van der Waals surface area contributed by atoms with Gasteiger partial charge in [-0.05, 0) is 66.8 Å². The van der Waals surface area contributed by atoms with E-state index in [4.69, 9.17) is 19.2 Å². The minimum Gasteiger partial charge on any atom is -0.507 e. The molecule has 1 aromatic heterocycles. The average Bonchev–Trinajstić information content (AvgIpc) is 3.49. The first-order valence-corrected chi connectivity index (χ1v) is 14.2. The molecule has 1 saturated heterocycles. The number of thiazole rings is 1. The molecule has 1 atom stereocenters. The Morgan fingerprint density at radius 1 is 1.02 bits per heavy atom. The lowest BCUT2D eigenvalue weighted by atomic mass is 9.95. The van der Waals surface area contributed by atoms with E-state index in [-0.39, 0.29) is 11.3 Å². The van der Waals surface area contributed by atoms with Gasteiger partial charge < -0.3 is 19.3 Å². The van der Waals surface area contributed by atoms with Crippen molar-refractivity contribution >= 4 is 44.1 Å². The van der Waals surface area contributed by atoms with Crippen LogP contribution in [0.5, 0.6) is 17.2 Å². The lowest BCUT2D eigenvalue weighted by Gasteiger charge is -2.24. The van der Waals surface area contributed by atoms with Gasteiger partial charge in [0.1, 0.15) is 11.5 Å². The molecule has 0 radical (unpaired) electrons. The molecule has 1 aliphatic rings. The van der Waals surface area contributed by atoms with Crippen LogP contribution in [0, 0.1) is 12.8 Å². The van der Waals surface area contributed by atoms with Gasteiger partial charge in [-0.3, -0.25) is 14.5 Å². The molecule has 1 fully saturated rings. The first-order chi connectivity index (χ1) is 19.7. The summed E-state index contributed by atoms with van der Waals surface area (Å²) in [5.74, 6) is 0.117. The van der Waals surface area contributed by atoms with Crippen LogP contribution in [0.4, 0.5) is 5.13 Å². The number of benzene rings is 3. The zero-order chi connectivity index (χ0) is 29.3. The number of aromatic nitrogens is 1. The lowest BCUT2D eigenvalue weighted by Crippen LogP contribution is -2.29. The molecule has 1 N–H and O–H groups in total. The van der Waals surface area contributed by atoms with Crippen LogP contribution in [0.3, 0.4) is 0 Å². The van der Waals surface area contributed by atoms with Crippen molar-refractivity contribution in [2.75, 3.05) is 25.7 Å². The standard InChI is InChI=1S/C32H32N2O6S/c1-18(2)13-14-40-24-12-10-20(17-25(24)39-5)28-27(29(35)21-7-6-8-22(16-21)38-4)30(36)31(37)34(28)32-33-23-11-9-19(3)15-26(23)41-32/h6-12,15-18,28,35H,13-14H2,1-5H3/b29-27+. The molecule has 1 aliphatic heterocycles. The Balaban J connectivity index is 1.67. The zero-order valence-corrected chi connectivity index (χ0v) is 24.5. The smallest absolute Gasteiger partial charge is 0.301 e. The molecule has 2 heterocycles. The van der Waals surface area contributed by atoms with Crippen LogP contribution in [0.25, 0.3) is 16.0 Å². The summed E-state index contributed by atoms with van der Waals surface area (Å²) in [7, 11) is 3.06. The summed E-state index contributed by atoms with van der Waals surface area (Å²) >= 11 is 1.32. The molecule has 1 unspecified atom stereocenters. The number of fused-ring (bicyclic) bond motifs is 1. The van der Waals surface area contributed by atoms with Gasteiger partial charge in [-0.1, -0.05) is 49.4 Å². The largest absolute Gasteiger partial charge is 0.507 e. The number of Topliss-reactive ketones (excluding diaryl/α,β-unsaturated/α-hetero) is 1. The quantitative estimate of drug-likeness (QED) is 0.136. The normalized spacial score (nSPS) is 16.5. The number of amides is 1. The Hall–Kier alpha value is -4.37. The van der Waals surface area contributed by atoms with E-state index < -0.39 is 17.7 Å². The minimum absolute atomic E-state index is 0.0470. The monoisotopic (exact) mass is 572 g/mol. The van der Waals surface area contributed by atoms with Gasteiger partial charge in [-0.25, -0.2) is 4.98 Å². The summed E-state index contributed by atoms with van der Waals surface area (Å²) in [5.41, 5.74) is 2.65. The molecule has 0 spiro atoms. The van der Waals surface area contributed by atoms with Crippen molar-refractivity contribution in [3.05, 3.63) is 82.9 Å². The average molecular weight is 573 g/mol. The highest BCUT2D eigenvalue weighted by atomic mass is 32.1. The van der Waals surface area contributed by atoms with Crippen LogP contribution in [0.2, 0.25) is 0 Å². The predicted molar refractivity (Wildman–Crippen MR) is 160 cm³/mol. The molecule has 4 aromatic rings. The number of hydrogen-bond acceptors (Lipinski definition) is 8. The molecular formula is C32H32N2O6S. The number of aliphatic hydroxyl groups is 1. The molecule has 1 amide bonds. The number of carbonyl (C=O) groups is 2. The topological polar surface area (TPSA) is 98.2 Å². The third kappa shape index (κ3) is 5.50.